The Balaban J connectivity index is 2.02. The Morgan fingerprint density at radius 1 is 0.577 bits per heavy atom. The van der Waals surface area contributed by atoms with E-state index in [1.54, 1.807) is 38.1 Å². The van der Waals surface area contributed by atoms with E-state index in [2.05, 4.69) is 0 Å². The van der Waals surface area contributed by atoms with Crippen molar-refractivity contribution in [3.05, 3.63) is 82.9 Å². The molecule has 0 aliphatic heterocycles. The number of hydrogen-bond donors (Lipinski definition) is 0. The number of rotatable bonds is 4. The Labute approximate surface area is 147 Å². The van der Waals surface area contributed by atoms with Gasteiger partial charge in [0.05, 0.1) is 0 Å². The lowest BCUT2D eigenvalue weighted by Gasteiger charge is -2.14. The molecule has 0 heterocycles. The molecule has 0 unspecified atom stereocenters. The van der Waals surface area contributed by atoms with Crippen LogP contribution >= 0.6 is 0 Å². The van der Waals surface area contributed by atoms with Crippen LogP contribution in [0.4, 0.5) is 17.6 Å². The van der Waals surface area contributed by atoms with Crippen LogP contribution < -0.4 is 9.47 Å². The molecule has 0 amide bonds. The molecular formula is C20H14F4O2. The first-order valence-corrected chi connectivity index (χ1v) is 7.72. The summed E-state index contributed by atoms with van der Waals surface area (Å²) in [4.78, 5) is 0. The molecule has 134 valence electrons. The van der Waals surface area contributed by atoms with E-state index in [1.807, 2.05) is 0 Å². The summed E-state index contributed by atoms with van der Waals surface area (Å²) >= 11 is 0. The van der Waals surface area contributed by atoms with Gasteiger partial charge in [0.1, 0.15) is 11.5 Å². The van der Waals surface area contributed by atoms with Gasteiger partial charge in [-0.1, -0.05) is 24.3 Å². The van der Waals surface area contributed by atoms with Crippen molar-refractivity contribution in [3.63, 3.8) is 0 Å². The normalized spacial score (nSPS) is 10.7. The van der Waals surface area contributed by atoms with Gasteiger partial charge in [0, 0.05) is 0 Å². The Morgan fingerprint density at radius 2 is 0.923 bits per heavy atom. The van der Waals surface area contributed by atoms with E-state index < -0.39 is 34.8 Å². The standard InChI is InChI=1S/C20H14F4O2/c1-11-5-3-7-13(9-11)25-19-15(21)17(23)20(18(24)16(19)22)26-14-8-4-6-12(2)10-14/h3-10H,1-2H3. The molecular weight excluding hydrogens is 348 g/mol. The summed E-state index contributed by atoms with van der Waals surface area (Å²) in [6.07, 6.45) is 0. The summed E-state index contributed by atoms with van der Waals surface area (Å²) < 4.78 is 67.2. The molecule has 0 radical (unpaired) electrons. The SMILES string of the molecule is Cc1cccc(Oc2c(F)c(F)c(Oc3cccc(C)c3)c(F)c2F)c1. The molecule has 3 rings (SSSR count). The maximum atomic E-state index is 14.3. The van der Waals surface area contributed by atoms with Crippen LogP contribution in [0.2, 0.25) is 0 Å². The van der Waals surface area contributed by atoms with Crippen molar-refractivity contribution in [2.24, 2.45) is 0 Å². The first-order valence-electron chi connectivity index (χ1n) is 7.72. The maximum absolute atomic E-state index is 14.3. The Morgan fingerprint density at radius 3 is 1.23 bits per heavy atom. The molecule has 0 N–H and O–H groups in total. The molecule has 0 atom stereocenters. The summed E-state index contributed by atoms with van der Waals surface area (Å²) in [5.41, 5.74) is 1.51. The predicted molar refractivity (Wildman–Crippen MR) is 88.8 cm³/mol. The van der Waals surface area contributed by atoms with Crippen molar-refractivity contribution in [3.8, 4) is 23.0 Å². The molecule has 0 aliphatic carbocycles. The van der Waals surface area contributed by atoms with Crippen LogP contribution in [0.1, 0.15) is 11.1 Å². The molecule has 0 fully saturated rings. The number of halogens is 4. The van der Waals surface area contributed by atoms with E-state index in [-0.39, 0.29) is 11.5 Å². The van der Waals surface area contributed by atoms with Gasteiger partial charge in [-0.15, -0.1) is 0 Å². The van der Waals surface area contributed by atoms with Gasteiger partial charge in [0.25, 0.3) is 0 Å². The average molecular weight is 362 g/mol. The lowest BCUT2D eigenvalue weighted by molar-refractivity contribution is 0.330. The molecule has 2 nitrogen and oxygen atoms in total. The van der Waals surface area contributed by atoms with E-state index in [9.17, 15) is 17.6 Å². The second-order valence-electron chi connectivity index (χ2n) is 5.75. The van der Waals surface area contributed by atoms with Crippen molar-refractivity contribution in [1.82, 2.24) is 0 Å². The summed E-state index contributed by atoms with van der Waals surface area (Å²) in [5, 5.41) is 0. The van der Waals surface area contributed by atoms with Gasteiger partial charge in [0.2, 0.25) is 34.8 Å². The van der Waals surface area contributed by atoms with Gasteiger partial charge < -0.3 is 9.47 Å². The Bertz CT molecular complexity index is 863. The Hall–Kier alpha value is -3.02. The van der Waals surface area contributed by atoms with Crippen LogP contribution in [-0.2, 0) is 0 Å². The van der Waals surface area contributed by atoms with Crippen LogP contribution in [0.25, 0.3) is 0 Å². The molecule has 26 heavy (non-hydrogen) atoms. The minimum absolute atomic E-state index is 0.0500. The molecule has 3 aromatic rings. The highest BCUT2D eigenvalue weighted by molar-refractivity contribution is 5.43. The van der Waals surface area contributed by atoms with Crippen molar-refractivity contribution < 1.29 is 27.0 Å². The zero-order valence-corrected chi connectivity index (χ0v) is 13.9. The molecule has 0 aliphatic rings. The van der Waals surface area contributed by atoms with Crippen molar-refractivity contribution in [1.29, 1.82) is 0 Å². The third-order valence-corrected chi connectivity index (χ3v) is 3.60. The van der Waals surface area contributed by atoms with Crippen LogP contribution in [0.5, 0.6) is 23.0 Å². The fourth-order valence-electron chi connectivity index (χ4n) is 2.36. The van der Waals surface area contributed by atoms with Gasteiger partial charge in [-0.3, -0.25) is 0 Å². The van der Waals surface area contributed by atoms with Crippen molar-refractivity contribution in [2.75, 3.05) is 0 Å². The molecule has 3 aromatic carbocycles. The second kappa shape index (κ2) is 7.07. The molecule has 0 bridgehead atoms. The predicted octanol–water partition coefficient (Wildman–Crippen LogP) is 6.44. The van der Waals surface area contributed by atoms with Gasteiger partial charge >= 0.3 is 0 Å². The summed E-state index contributed by atoms with van der Waals surface area (Å²) in [5.74, 6) is -8.92. The highest BCUT2D eigenvalue weighted by Crippen LogP contribution is 2.38. The fraction of sp³-hybridized carbons (Fsp3) is 0.100. The highest BCUT2D eigenvalue weighted by Gasteiger charge is 2.29. The van der Waals surface area contributed by atoms with Crippen LogP contribution in [0.15, 0.2) is 48.5 Å². The molecule has 6 heteroatoms. The lowest BCUT2D eigenvalue weighted by Crippen LogP contribution is -2.04. The van der Waals surface area contributed by atoms with E-state index in [0.29, 0.717) is 0 Å². The van der Waals surface area contributed by atoms with Crippen molar-refractivity contribution in [2.45, 2.75) is 13.8 Å². The molecule has 0 spiro atoms. The summed E-state index contributed by atoms with van der Waals surface area (Å²) in [7, 11) is 0. The number of benzene rings is 3. The zero-order valence-electron chi connectivity index (χ0n) is 13.9. The van der Waals surface area contributed by atoms with Crippen LogP contribution in [0, 0.1) is 37.1 Å². The molecule has 0 saturated carbocycles. The highest BCUT2D eigenvalue weighted by atomic mass is 19.2. The topological polar surface area (TPSA) is 18.5 Å². The maximum Gasteiger partial charge on any atom is 0.208 e. The number of hydrogen-bond acceptors (Lipinski definition) is 2. The minimum atomic E-state index is -1.67. The number of aryl methyl sites for hydroxylation is 2. The van der Waals surface area contributed by atoms with E-state index in [4.69, 9.17) is 9.47 Å². The van der Waals surface area contributed by atoms with Crippen LogP contribution in [0.3, 0.4) is 0 Å². The average Bonchev–Trinajstić information content (AvgIpc) is 2.61. The second-order valence-corrected chi connectivity index (χ2v) is 5.75. The first kappa shape index (κ1) is 17.8. The van der Waals surface area contributed by atoms with Gasteiger partial charge in [0.15, 0.2) is 0 Å². The zero-order chi connectivity index (χ0) is 18.8. The third kappa shape index (κ3) is 3.49. The minimum Gasteiger partial charge on any atom is -0.451 e. The lowest BCUT2D eigenvalue weighted by atomic mass is 10.2. The van der Waals surface area contributed by atoms with Gasteiger partial charge in [-0.2, -0.15) is 17.6 Å². The van der Waals surface area contributed by atoms with E-state index in [1.165, 1.54) is 24.3 Å². The van der Waals surface area contributed by atoms with Crippen LogP contribution in [-0.4, -0.2) is 0 Å². The van der Waals surface area contributed by atoms with E-state index >= 15 is 0 Å². The smallest absolute Gasteiger partial charge is 0.208 e. The largest absolute Gasteiger partial charge is 0.451 e. The van der Waals surface area contributed by atoms with E-state index in [0.717, 1.165) is 11.1 Å². The monoisotopic (exact) mass is 362 g/mol. The quantitative estimate of drug-likeness (QED) is 0.392. The summed E-state index contributed by atoms with van der Waals surface area (Å²) in [6, 6.07) is 12.4. The Kier molecular flexibility index (Phi) is 4.84. The summed E-state index contributed by atoms with van der Waals surface area (Å²) in [6.45, 7) is 3.47. The molecule has 0 saturated heterocycles. The number of ether oxygens (including phenoxy) is 2. The third-order valence-electron chi connectivity index (χ3n) is 3.60. The fourth-order valence-corrected chi connectivity index (χ4v) is 2.36. The molecule has 0 aromatic heterocycles. The van der Waals surface area contributed by atoms with Gasteiger partial charge in [-0.25, -0.2) is 0 Å². The van der Waals surface area contributed by atoms with Crippen molar-refractivity contribution >= 4 is 0 Å². The van der Waals surface area contributed by atoms with Gasteiger partial charge in [-0.05, 0) is 49.2 Å². The first-order chi connectivity index (χ1) is 12.4.